The lowest BCUT2D eigenvalue weighted by Crippen LogP contribution is -2.03. The predicted octanol–water partition coefficient (Wildman–Crippen LogP) is 3.49. The van der Waals surface area contributed by atoms with Gasteiger partial charge >= 0.3 is 5.97 Å². The van der Waals surface area contributed by atoms with Crippen LogP contribution in [0.25, 0.3) is 11.3 Å². The van der Waals surface area contributed by atoms with Gasteiger partial charge in [-0.3, -0.25) is 9.59 Å². The number of halogens is 1. The van der Waals surface area contributed by atoms with Crippen molar-refractivity contribution >= 4 is 23.4 Å². The van der Waals surface area contributed by atoms with Crippen LogP contribution in [0.1, 0.15) is 27.4 Å². The number of aromatic amines is 1. The Kier molecular flexibility index (Phi) is 4.22. The highest BCUT2D eigenvalue weighted by atomic mass is 35.5. The molecular weight excluding hydrogens is 332 g/mol. The van der Waals surface area contributed by atoms with Crippen molar-refractivity contribution in [1.82, 2.24) is 10.1 Å². The third-order valence-electron chi connectivity index (χ3n) is 3.57. The molecule has 2 heterocycles. The predicted molar refractivity (Wildman–Crippen MR) is 87.3 cm³/mol. The number of hydrogen-bond donors (Lipinski definition) is 2. The third kappa shape index (κ3) is 2.96. The molecule has 0 amide bonds. The maximum atomic E-state index is 12.8. The lowest BCUT2D eigenvalue weighted by molar-refractivity contribution is -0.136. The normalized spacial score (nSPS) is 10.8. The Morgan fingerprint density at radius 1 is 1.33 bits per heavy atom. The number of ketones is 1. The molecular formula is C17H13ClN2O4. The first-order valence-electron chi connectivity index (χ1n) is 7.12. The van der Waals surface area contributed by atoms with Gasteiger partial charge in [0.2, 0.25) is 0 Å². The number of carboxylic acid groups (broad SMARTS) is 1. The van der Waals surface area contributed by atoms with Crippen molar-refractivity contribution in [2.24, 2.45) is 0 Å². The van der Waals surface area contributed by atoms with Crippen molar-refractivity contribution < 1.29 is 19.2 Å². The molecule has 3 rings (SSSR count). The van der Waals surface area contributed by atoms with E-state index in [0.717, 1.165) is 0 Å². The maximum Gasteiger partial charge on any atom is 0.309 e. The molecule has 0 atom stereocenters. The number of hydrogen-bond acceptors (Lipinski definition) is 4. The molecule has 2 N–H and O–H groups in total. The molecule has 0 fully saturated rings. The van der Waals surface area contributed by atoms with Crippen molar-refractivity contribution in [1.29, 1.82) is 0 Å². The summed E-state index contributed by atoms with van der Waals surface area (Å²) in [6.45, 7) is 1.64. The molecule has 24 heavy (non-hydrogen) atoms. The van der Waals surface area contributed by atoms with E-state index >= 15 is 0 Å². The molecule has 6 nitrogen and oxygen atoms in total. The van der Waals surface area contributed by atoms with Gasteiger partial charge in [0.05, 0.1) is 17.0 Å². The minimum Gasteiger partial charge on any atom is -0.481 e. The quantitative estimate of drug-likeness (QED) is 0.691. The van der Waals surface area contributed by atoms with Gasteiger partial charge in [-0.2, -0.15) is 0 Å². The van der Waals surface area contributed by atoms with Gasteiger partial charge in [-0.05, 0) is 19.1 Å². The minimum atomic E-state index is -0.978. The molecule has 0 unspecified atom stereocenters. The van der Waals surface area contributed by atoms with Gasteiger partial charge in [-0.15, -0.1) is 0 Å². The van der Waals surface area contributed by atoms with Gasteiger partial charge in [-0.25, -0.2) is 0 Å². The van der Waals surface area contributed by atoms with Crippen LogP contribution in [0.2, 0.25) is 5.02 Å². The zero-order chi connectivity index (χ0) is 17.3. The SMILES string of the molecule is Cc1onc(-c2ccccc2Cl)c1C(=O)c1c[nH]c(CC(=O)O)c1. The fourth-order valence-corrected chi connectivity index (χ4v) is 2.68. The molecule has 0 aliphatic rings. The third-order valence-corrected chi connectivity index (χ3v) is 3.90. The van der Waals surface area contributed by atoms with E-state index in [0.29, 0.717) is 38.9 Å². The summed E-state index contributed by atoms with van der Waals surface area (Å²) in [5.74, 6) is -0.916. The van der Waals surface area contributed by atoms with Gasteiger partial charge in [0.1, 0.15) is 11.5 Å². The number of aliphatic carboxylic acids is 1. The fraction of sp³-hybridized carbons (Fsp3) is 0.118. The van der Waals surface area contributed by atoms with Crippen LogP contribution in [0, 0.1) is 6.92 Å². The highest BCUT2D eigenvalue weighted by molar-refractivity contribution is 6.33. The number of nitrogens with zero attached hydrogens (tertiary/aromatic N) is 1. The molecule has 0 aliphatic heterocycles. The van der Waals surface area contributed by atoms with Gasteiger partial charge in [0.25, 0.3) is 0 Å². The number of H-pyrrole nitrogens is 1. The van der Waals surface area contributed by atoms with Crippen molar-refractivity contribution in [3.8, 4) is 11.3 Å². The molecule has 0 saturated heterocycles. The van der Waals surface area contributed by atoms with E-state index in [1.54, 1.807) is 31.2 Å². The minimum absolute atomic E-state index is 0.187. The lowest BCUT2D eigenvalue weighted by Gasteiger charge is -2.03. The second-order valence-electron chi connectivity index (χ2n) is 5.26. The monoisotopic (exact) mass is 344 g/mol. The number of carbonyl (C=O) groups excluding carboxylic acids is 1. The van der Waals surface area contributed by atoms with Crippen molar-refractivity contribution in [3.05, 3.63) is 64.1 Å². The number of nitrogens with one attached hydrogen (secondary N) is 1. The van der Waals surface area contributed by atoms with Crippen LogP contribution in [-0.4, -0.2) is 27.0 Å². The highest BCUT2D eigenvalue weighted by Gasteiger charge is 2.24. The molecule has 0 saturated carbocycles. The smallest absolute Gasteiger partial charge is 0.309 e. The number of carbonyl (C=O) groups is 2. The molecule has 122 valence electrons. The summed E-state index contributed by atoms with van der Waals surface area (Å²) >= 11 is 6.19. The van der Waals surface area contributed by atoms with Crippen LogP contribution < -0.4 is 0 Å². The fourth-order valence-electron chi connectivity index (χ4n) is 2.46. The van der Waals surface area contributed by atoms with Crippen molar-refractivity contribution in [2.45, 2.75) is 13.3 Å². The number of rotatable bonds is 5. The molecule has 0 bridgehead atoms. The van der Waals surface area contributed by atoms with E-state index in [-0.39, 0.29) is 12.2 Å². The zero-order valence-electron chi connectivity index (χ0n) is 12.7. The summed E-state index contributed by atoms with van der Waals surface area (Å²) in [7, 11) is 0. The van der Waals surface area contributed by atoms with E-state index in [1.807, 2.05) is 0 Å². The highest BCUT2D eigenvalue weighted by Crippen LogP contribution is 2.32. The van der Waals surface area contributed by atoms with Gasteiger partial charge in [-0.1, -0.05) is 35.0 Å². The Balaban J connectivity index is 2.02. The largest absolute Gasteiger partial charge is 0.481 e. The van der Waals surface area contributed by atoms with Gasteiger partial charge in [0.15, 0.2) is 5.78 Å². The van der Waals surface area contributed by atoms with Gasteiger partial charge in [0, 0.05) is 23.0 Å². The average Bonchev–Trinajstić information content (AvgIpc) is 3.13. The summed E-state index contributed by atoms with van der Waals surface area (Å²) in [6, 6.07) is 8.55. The van der Waals surface area contributed by atoms with Crippen LogP contribution in [0.3, 0.4) is 0 Å². The summed E-state index contributed by atoms with van der Waals surface area (Å²) < 4.78 is 5.19. The Bertz CT molecular complexity index is 926. The summed E-state index contributed by atoms with van der Waals surface area (Å²) in [4.78, 5) is 26.4. The van der Waals surface area contributed by atoms with E-state index < -0.39 is 5.97 Å². The number of aromatic nitrogens is 2. The summed E-state index contributed by atoms with van der Waals surface area (Å²) in [6.07, 6.45) is 1.29. The van der Waals surface area contributed by atoms with Crippen LogP contribution in [-0.2, 0) is 11.2 Å². The van der Waals surface area contributed by atoms with E-state index in [9.17, 15) is 9.59 Å². The van der Waals surface area contributed by atoms with E-state index in [2.05, 4.69) is 10.1 Å². The van der Waals surface area contributed by atoms with Gasteiger partial charge < -0.3 is 14.6 Å². The maximum absolute atomic E-state index is 12.8. The Morgan fingerprint density at radius 3 is 2.79 bits per heavy atom. The topological polar surface area (TPSA) is 96.2 Å². The van der Waals surface area contributed by atoms with Crippen molar-refractivity contribution in [3.63, 3.8) is 0 Å². The number of carboxylic acids is 1. The first-order valence-corrected chi connectivity index (χ1v) is 7.50. The average molecular weight is 345 g/mol. The molecule has 2 aromatic heterocycles. The Labute approximate surface area is 142 Å². The first kappa shape index (κ1) is 16.0. The van der Waals surface area contributed by atoms with Crippen LogP contribution in [0.15, 0.2) is 41.1 Å². The first-order chi connectivity index (χ1) is 11.5. The number of aryl methyl sites for hydroxylation is 1. The molecule has 0 aliphatic carbocycles. The lowest BCUT2D eigenvalue weighted by atomic mass is 9.99. The molecule has 0 spiro atoms. The summed E-state index contributed by atoms with van der Waals surface area (Å²) in [5, 5.41) is 13.2. The van der Waals surface area contributed by atoms with E-state index in [4.69, 9.17) is 21.2 Å². The second-order valence-corrected chi connectivity index (χ2v) is 5.66. The number of benzene rings is 1. The standard InChI is InChI=1S/C17H13ClN2O4/c1-9-15(16(20-24-9)12-4-2-3-5-13(12)18)17(23)10-6-11(19-8-10)7-14(21)22/h2-6,8,19H,7H2,1H3,(H,21,22). The summed E-state index contributed by atoms with van der Waals surface area (Å²) in [5.41, 5.74) is 2.05. The molecule has 3 aromatic rings. The van der Waals surface area contributed by atoms with Crippen molar-refractivity contribution in [2.75, 3.05) is 0 Å². The molecule has 0 radical (unpaired) electrons. The zero-order valence-corrected chi connectivity index (χ0v) is 13.4. The van der Waals surface area contributed by atoms with Crippen LogP contribution in [0.4, 0.5) is 0 Å². The Morgan fingerprint density at radius 2 is 2.08 bits per heavy atom. The molecule has 1 aromatic carbocycles. The Hall–Kier alpha value is -2.86. The second kappa shape index (κ2) is 6.33. The molecule has 7 heteroatoms. The van der Waals surface area contributed by atoms with Crippen LogP contribution >= 0.6 is 11.6 Å². The van der Waals surface area contributed by atoms with Crippen LogP contribution in [0.5, 0.6) is 0 Å². The van der Waals surface area contributed by atoms with E-state index in [1.165, 1.54) is 12.3 Å².